The van der Waals surface area contributed by atoms with Crippen molar-refractivity contribution < 1.29 is 28.8 Å². The van der Waals surface area contributed by atoms with Crippen molar-refractivity contribution in [3.05, 3.63) is 69.8 Å². The standard InChI is InChI=1S/C18H16N4O7/c1-11(23)19-14-6-2-13(3-7-14)18(26)29-10-16(24)20-21-17(25)12-4-8-15(9-5-12)22(27)28/h2-9H,10H2,1H3,(H,19,23)(H,20,24)(H,21,25). The fraction of sp³-hybridized carbons (Fsp3) is 0.111. The SMILES string of the molecule is CC(=O)Nc1ccc(C(=O)OCC(=O)NNC(=O)c2ccc([N+](=O)[O-])cc2)cc1. The smallest absolute Gasteiger partial charge is 0.338 e. The van der Waals surface area contributed by atoms with Crippen molar-refractivity contribution in [1.29, 1.82) is 0 Å². The molecule has 2 aromatic rings. The summed E-state index contributed by atoms with van der Waals surface area (Å²) < 4.78 is 4.83. The first-order chi connectivity index (χ1) is 13.8. The number of carbonyl (C=O) groups is 4. The number of hydrogen-bond donors (Lipinski definition) is 3. The summed E-state index contributed by atoms with van der Waals surface area (Å²) in [6, 6.07) is 10.6. The van der Waals surface area contributed by atoms with E-state index in [1.807, 2.05) is 0 Å². The van der Waals surface area contributed by atoms with Gasteiger partial charge in [-0.25, -0.2) is 4.79 Å². The second kappa shape index (κ2) is 9.60. The molecule has 0 spiro atoms. The fourth-order valence-corrected chi connectivity index (χ4v) is 2.08. The molecule has 0 fully saturated rings. The summed E-state index contributed by atoms with van der Waals surface area (Å²) in [5, 5.41) is 13.1. The van der Waals surface area contributed by atoms with E-state index in [2.05, 4.69) is 16.2 Å². The molecule has 150 valence electrons. The van der Waals surface area contributed by atoms with Gasteiger partial charge in [-0.3, -0.25) is 35.3 Å². The van der Waals surface area contributed by atoms with Crippen molar-refractivity contribution in [2.24, 2.45) is 0 Å². The average Bonchev–Trinajstić information content (AvgIpc) is 2.70. The van der Waals surface area contributed by atoms with Gasteiger partial charge in [0.25, 0.3) is 17.5 Å². The van der Waals surface area contributed by atoms with Gasteiger partial charge in [0.05, 0.1) is 10.5 Å². The molecule has 3 amide bonds. The molecule has 2 aromatic carbocycles. The van der Waals surface area contributed by atoms with Crippen LogP contribution < -0.4 is 16.2 Å². The Hall–Kier alpha value is -4.28. The third kappa shape index (κ3) is 6.43. The van der Waals surface area contributed by atoms with Crippen LogP contribution in [0.25, 0.3) is 0 Å². The maximum atomic E-state index is 11.9. The van der Waals surface area contributed by atoms with E-state index in [0.29, 0.717) is 5.69 Å². The number of benzene rings is 2. The summed E-state index contributed by atoms with van der Waals surface area (Å²) in [7, 11) is 0. The largest absolute Gasteiger partial charge is 0.452 e. The van der Waals surface area contributed by atoms with Gasteiger partial charge < -0.3 is 10.1 Å². The number of hydrazine groups is 1. The number of amides is 3. The molecule has 0 radical (unpaired) electrons. The number of hydrogen-bond acceptors (Lipinski definition) is 7. The van der Waals surface area contributed by atoms with Crippen LogP contribution in [0.15, 0.2) is 48.5 Å². The summed E-state index contributed by atoms with van der Waals surface area (Å²) in [6.45, 7) is 0.702. The Morgan fingerprint density at radius 1 is 0.931 bits per heavy atom. The third-order valence-corrected chi connectivity index (χ3v) is 3.43. The fourth-order valence-electron chi connectivity index (χ4n) is 2.08. The van der Waals surface area contributed by atoms with Gasteiger partial charge in [0.1, 0.15) is 0 Å². The lowest BCUT2D eigenvalue weighted by molar-refractivity contribution is -0.384. The molecule has 11 heteroatoms. The molecular weight excluding hydrogens is 384 g/mol. The highest BCUT2D eigenvalue weighted by Gasteiger charge is 2.13. The third-order valence-electron chi connectivity index (χ3n) is 3.43. The highest BCUT2D eigenvalue weighted by molar-refractivity contribution is 5.96. The zero-order valence-corrected chi connectivity index (χ0v) is 15.1. The van der Waals surface area contributed by atoms with E-state index in [1.54, 1.807) is 0 Å². The zero-order chi connectivity index (χ0) is 21.4. The maximum absolute atomic E-state index is 11.9. The highest BCUT2D eigenvalue weighted by atomic mass is 16.6. The number of rotatable bonds is 6. The minimum Gasteiger partial charge on any atom is -0.452 e. The predicted molar refractivity (Wildman–Crippen MR) is 99.7 cm³/mol. The Morgan fingerprint density at radius 3 is 2.07 bits per heavy atom. The van der Waals surface area contributed by atoms with Crippen LogP contribution in [0, 0.1) is 10.1 Å². The van der Waals surface area contributed by atoms with Gasteiger partial charge in [-0.1, -0.05) is 0 Å². The van der Waals surface area contributed by atoms with Crippen LogP contribution in [0.4, 0.5) is 11.4 Å². The number of nitro benzene ring substituents is 1. The van der Waals surface area contributed by atoms with Crippen molar-refractivity contribution in [1.82, 2.24) is 10.9 Å². The summed E-state index contributed by atoms with van der Waals surface area (Å²) in [5.41, 5.74) is 4.74. The van der Waals surface area contributed by atoms with E-state index >= 15 is 0 Å². The van der Waals surface area contributed by atoms with E-state index in [9.17, 15) is 29.3 Å². The van der Waals surface area contributed by atoms with Gasteiger partial charge in [-0.05, 0) is 36.4 Å². The topological polar surface area (TPSA) is 157 Å². The lowest BCUT2D eigenvalue weighted by atomic mass is 10.2. The number of nitrogens with one attached hydrogen (secondary N) is 3. The van der Waals surface area contributed by atoms with Crippen LogP contribution in [0.1, 0.15) is 27.6 Å². The molecule has 29 heavy (non-hydrogen) atoms. The van der Waals surface area contributed by atoms with E-state index in [0.717, 1.165) is 12.1 Å². The Kier molecular flexibility index (Phi) is 6.96. The highest BCUT2D eigenvalue weighted by Crippen LogP contribution is 2.12. The molecule has 11 nitrogen and oxygen atoms in total. The van der Waals surface area contributed by atoms with Crippen molar-refractivity contribution >= 4 is 35.1 Å². The van der Waals surface area contributed by atoms with Gasteiger partial charge in [-0.2, -0.15) is 0 Å². The van der Waals surface area contributed by atoms with Crippen molar-refractivity contribution in [2.75, 3.05) is 11.9 Å². The van der Waals surface area contributed by atoms with Gasteiger partial charge in [-0.15, -0.1) is 0 Å². The average molecular weight is 400 g/mol. The number of non-ortho nitro benzene ring substituents is 1. The molecule has 0 heterocycles. The quantitative estimate of drug-likeness (QED) is 0.373. The molecule has 0 aliphatic carbocycles. The molecule has 0 aliphatic heterocycles. The minimum absolute atomic E-state index is 0.0900. The van der Waals surface area contributed by atoms with Crippen molar-refractivity contribution in [3.8, 4) is 0 Å². The molecule has 3 N–H and O–H groups in total. The first-order valence-corrected chi connectivity index (χ1v) is 8.14. The van der Waals surface area contributed by atoms with E-state index in [1.165, 1.54) is 43.3 Å². The number of ether oxygens (including phenoxy) is 1. The second-order valence-electron chi connectivity index (χ2n) is 5.64. The van der Waals surface area contributed by atoms with Crippen LogP contribution in [0.3, 0.4) is 0 Å². The Morgan fingerprint density at radius 2 is 1.52 bits per heavy atom. The van der Waals surface area contributed by atoms with Gasteiger partial charge in [0.2, 0.25) is 5.91 Å². The van der Waals surface area contributed by atoms with Gasteiger partial charge >= 0.3 is 5.97 Å². The molecule has 0 aliphatic rings. The van der Waals surface area contributed by atoms with Gasteiger partial charge in [0, 0.05) is 30.3 Å². The Labute approximate surface area is 164 Å². The Balaban J connectivity index is 1.78. The van der Waals surface area contributed by atoms with Crippen LogP contribution in [-0.4, -0.2) is 35.2 Å². The molecule has 0 bridgehead atoms. The lowest BCUT2D eigenvalue weighted by Crippen LogP contribution is -2.43. The number of carbonyl (C=O) groups excluding carboxylic acids is 4. The lowest BCUT2D eigenvalue weighted by Gasteiger charge is -2.08. The van der Waals surface area contributed by atoms with Crippen LogP contribution in [0.5, 0.6) is 0 Å². The van der Waals surface area contributed by atoms with E-state index in [4.69, 9.17) is 4.74 Å². The van der Waals surface area contributed by atoms with Crippen LogP contribution >= 0.6 is 0 Å². The van der Waals surface area contributed by atoms with E-state index in [-0.39, 0.29) is 22.7 Å². The molecule has 0 saturated carbocycles. The van der Waals surface area contributed by atoms with Crippen molar-refractivity contribution in [3.63, 3.8) is 0 Å². The molecule has 0 unspecified atom stereocenters. The van der Waals surface area contributed by atoms with Gasteiger partial charge in [0.15, 0.2) is 6.61 Å². The van der Waals surface area contributed by atoms with Crippen LogP contribution in [-0.2, 0) is 14.3 Å². The molecule has 0 saturated heterocycles. The molecule has 0 aromatic heterocycles. The molecule has 2 rings (SSSR count). The normalized spacial score (nSPS) is 9.83. The molecular formula is C18H16N4O7. The monoisotopic (exact) mass is 400 g/mol. The number of esters is 1. The number of anilines is 1. The number of nitrogens with zero attached hydrogens (tertiary/aromatic N) is 1. The van der Waals surface area contributed by atoms with Crippen molar-refractivity contribution in [2.45, 2.75) is 6.92 Å². The predicted octanol–water partition coefficient (Wildman–Crippen LogP) is 1.17. The number of nitro groups is 1. The second-order valence-corrected chi connectivity index (χ2v) is 5.64. The summed E-state index contributed by atoms with van der Waals surface area (Å²) in [5.74, 6) is -2.51. The van der Waals surface area contributed by atoms with E-state index < -0.39 is 29.3 Å². The van der Waals surface area contributed by atoms with Crippen LogP contribution in [0.2, 0.25) is 0 Å². The summed E-state index contributed by atoms with van der Waals surface area (Å²) in [4.78, 5) is 56.4. The zero-order valence-electron chi connectivity index (χ0n) is 15.1. The summed E-state index contributed by atoms with van der Waals surface area (Å²) >= 11 is 0. The maximum Gasteiger partial charge on any atom is 0.338 e. The Bertz CT molecular complexity index is 940. The minimum atomic E-state index is -0.788. The summed E-state index contributed by atoms with van der Waals surface area (Å²) in [6.07, 6.45) is 0. The first kappa shape index (κ1) is 21.0. The first-order valence-electron chi connectivity index (χ1n) is 8.14. The molecule has 0 atom stereocenters.